The van der Waals surface area contributed by atoms with Gasteiger partial charge in [0.15, 0.2) is 0 Å². The maximum atomic E-state index is 13.1. The Morgan fingerprint density at radius 2 is 1.84 bits per heavy atom. The van der Waals surface area contributed by atoms with Crippen LogP contribution in [0.1, 0.15) is 44.0 Å². The van der Waals surface area contributed by atoms with E-state index in [1.165, 1.54) is 4.68 Å². The summed E-state index contributed by atoms with van der Waals surface area (Å²) in [5.41, 5.74) is 1.61. The van der Waals surface area contributed by atoms with Gasteiger partial charge in [-0.2, -0.15) is 5.10 Å². The predicted molar refractivity (Wildman–Crippen MR) is 121 cm³/mol. The molecule has 31 heavy (non-hydrogen) atoms. The van der Waals surface area contributed by atoms with Crippen molar-refractivity contribution in [3.8, 4) is 0 Å². The molecule has 1 aliphatic heterocycles. The van der Waals surface area contributed by atoms with Crippen LogP contribution in [0.25, 0.3) is 10.8 Å². The summed E-state index contributed by atoms with van der Waals surface area (Å²) in [5, 5.41) is 9.09. The zero-order valence-electron chi connectivity index (χ0n) is 18.1. The molecule has 1 atom stereocenters. The second kappa shape index (κ2) is 9.39. The molecule has 3 aromatic rings. The largest absolute Gasteiger partial charge is 0.353 e. The topological polar surface area (TPSA) is 80.1 Å². The van der Waals surface area contributed by atoms with Gasteiger partial charge in [0.05, 0.1) is 22.7 Å². The van der Waals surface area contributed by atoms with E-state index in [-0.39, 0.29) is 17.5 Å². The summed E-state index contributed by atoms with van der Waals surface area (Å²) in [6.07, 6.45) is 3.64. The number of aromatic nitrogens is 3. The molecule has 0 bridgehead atoms. The average Bonchev–Trinajstić information content (AvgIpc) is 2.81. The minimum absolute atomic E-state index is 0.0397. The fraction of sp³-hybridized carbons (Fsp3) is 0.417. The molecule has 0 spiro atoms. The van der Waals surface area contributed by atoms with Crippen LogP contribution in [0.3, 0.4) is 0 Å². The number of fused-ring (bicyclic) bond motifs is 1. The first-order valence-electron chi connectivity index (χ1n) is 11.0. The zero-order chi connectivity index (χ0) is 21.8. The number of hydrogen-bond donors (Lipinski definition) is 1. The molecule has 1 aliphatic rings. The molecule has 7 heteroatoms. The smallest absolute Gasteiger partial charge is 0.274 e. The molecule has 7 nitrogen and oxygen atoms in total. The molecule has 162 valence electrons. The monoisotopic (exact) mass is 419 g/mol. The fourth-order valence-corrected chi connectivity index (χ4v) is 4.20. The van der Waals surface area contributed by atoms with Gasteiger partial charge in [0.2, 0.25) is 5.91 Å². The summed E-state index contributed by atoms with van der Waals surface area (Å²) in [4.78, 5) is 32.4. The molecule has 1 amide bonds. The maximum Gasteiger partial charge on any atom is 0.274 e. The molecule has 4 rings (SSSR count). The van der Waals surface area contributed by atoms with E-state index in [0.717, 1.165) is 43.6 Å². The number of piperidine rings is 1. The minimum Gasteiger partial charge on any atom is -0.353 e. The normalized spacial score (nSPS) is 16.3. The van der Waals surface area contributed by atoms with E-state index in [2.05, 4.69) is 20.3 Å². The molecule has 3 heterocycles. The Hall–Kier alpha value is -3.06. The van der Waals surface area contributed by atoms with E-state index >= 15 is 0 Å². The summed E-state index contributed by atoms with van der Waals surface area (Å²) >= 11 is 0. The van der Waals surface area contributed by atoms with Crippen LogP contribution in [0.4, 0.5) is 0 Å². The third kappa shape index (κ3) is 4.66. The van der Waals surface area contributed by atoms with Crippen LogP contribution in [0.15, 0.2) is 53.5 Å². The number of hydrogen-bond acceptors (Lipinski definition) is 5. The first-order chi connectivity index (χ1) is 15.1. The van der Waals surface area contributed by atoms with Gasteiger partial charge in [-0.1, -0.05) is 24.3 Å². The van der Waals surface area contributed by atoms with Crippen molar-refractivity contribution in [2.24, 2.45) is 0 Å². The number of pyridine rings is 1. The minimum atomic E-state index is -0.435. The van der Waals surface area contributed by atoms with Crippen LogP contribution in [-0.2, 0) is 17.9 Å². The van der Waals surface area contributed by atoms with Gasteiger partial charge < -0.3 is 5.32 Å². The highest BCUT2D eigenvalue weighted by molar-refractivity contribution is 5.91. The van der Waals surface area contributed by atoms with Gasteiger partial charge in [0.1, 0.15) is 0 Å². The van der Waals surface area contributed by atoms with E-state index in [4.69, 9.17) is 0 Å². The Kier molecular flexibility index (Phi) is 6.42. The molecule has 0 unspecified atom stereocenters. The molecule has 0 saturated carbocycles. The van der Waals surface area contributed by atoms with Crippen molar-refractivity contribution in [3.63, 3.8) is 0 Å². The molecule has 1 aromatic carbocycles. The summed E-state index contributed by atoms with van der Waals surface area (Å²) in [7, 11) is 0. The summed E-state index contributed by atoms with van der Waals surface area (Å²) in [6.45, 7) is 6.92. The highest BCUT2D eigenvalue weighted by Gasteiger charge is 2.26. The van der Waals surface area contributed by atoms with Crippen LogP contribution in [0.5, 0.6) is 0 Å². The Labute approximate surface area is 182 Å². The summed E-state index contributed by atoms with van der Waals surface area (Å²) in [6, 6.07) is 13.5. The van der Waals surface area contributed by atoms with Crippen molar-refractivity contribution in [1.29, 1.82) is 0 Å². The number of nitrogens with one attached hydrogen (secondary N) is 1. The van der Waals surface area contributed by atoms with E-state index in [1.54, 1.807) is 6.07 Å². The van der Waals surface area contributed by atoms with Crippen molar-refractivity contribution in [3.05, 3.63) is 70.4 Å². The number of likely N-dealkylation sites (tertiary alicyclic amines) is 1. The van der Waals surface area contributed by atoms with E-state index in [9.17, 15) is 9.59 Å². The molecule has 1 fully saturated rings. The molecule has 1 N–H and O–H groups in total. The van der Waals surface area contributed by atoms with Crippen molar-refractivity contribution < 1.29 is 4.79 Å². The quantitative estimate of drug-likeness (QED) is 0.665. The second-order valence-corrected chi connectivity index (χ2v) is 8.15. The first kappa shape index (κ1) is 21.2. The molecule has 0 aliphatic carbocycles. The molecular formula is C24H29N5O2. The lowest BCUT2D eigenvalue weighted by molar-refractivity contribution is -0.123. The van der Waals surface area contributed by atoms with Crippen molar-refractivity contribution in [2.45, 2.75) is 51.7 Å². The van der Waals surface area contributed by atoms with Crippen molar-refractivity contribution in [1.82, 2.24) is 25.0 Å². The zero-order valence-corrected chi connectivity index (χ0v) is 18.1. The number of rotatable bonds is 6. The maximum absolute atomic E-state index is 13.1. The second-order valence-electron chi connectivity index (χ2n) is 8.15. The van der Waals surface area contributed by atoms with Gasteiger partial charge in [0.25, 0.3) is 5.56 Å². The summed E-state index contributed by atoms with van der Waals surface area (Å²) < 4.78 is 1.44. The Morgan fingerprint density at radius 3 is 2.52 bits per heavy atom. The fourth-order valence-electron chi connectivity index (χ4n) is 4.20. The number of aryl methyl sites for hydroxylation is 1. The molecular weight excluding hydrogens is 390 g/mol. The van der Waals surface area contributed by atoms with Crippen molar-refractivity contribution in [2.75, 3.05) is 13.1 Å². The first-order valence-corrected chi connectivity index (χ1v) is 11.0. The number of carbonyl (C=O) groups is 1. The van der Waals surface area contributed by atoms with Gasteiger partial charge in [-0.3, -0.25) is 19.5 Å². The van der Waals surface area contributed by atoms with E-state index < -0.39 is 5.92 Å². The number of carbonyl (C=O) groups excluding carboxylic acids is 1. The third-order valence-electron chi connectivity index (χ3n) is 6.04. The standard InChI is InChI=1S/C24H29N5O2/c1-3-29-24(31)21-10-5-4-9-20(21)22(27-29)17(2)23(30)26-18-11-14-28(15-12-18)16-19-8-6-7-13-25-19/h4-10,13,17-18H,3,11-12,14-16H2,1-2H3,(H,26,30)/t17-/m1/s1. The Balaban J connectivity index is 1.42. The highest BCUT2D eigenvalue weighted by atomic mass is 16.2. The average molecular weight is 420 g/mol. The van der Waals surface area contributed by atoms with Crippen LogP contribution in [0.2, 0.25) is 0 Å². The highest BCUT2D eigenvalue weighted by Crippen LogP contribution is 2.22. The van der Waals surface area contributed by atoms with Gasteiger partial charge in [-0.25, -0.2) is 4.68 Å². The number of benzene rings is 1. The lowest BCUT2D eigenvalue weighted by Crippen LogP contribution is -2.45. The van der Waals surface area contributed by atoms with Crippen LogP contribution >= 0.6 is 0 Å². The summed E-state index contributed by atoms with van der Waals surface area (Å²) in [5.74, 6) is -0.475. The number of amides is 1. The Bertz CT molecular complexity index is 1100. The van der Waals surface area contributed by atoms with Crippen LogP contribution < -0.4 is 10.9 Å². The molecule has 2 aromatic heterocycles. The van der Waals surface area contributed by atoms with Gasteiger partial charge in [-0.15, -0.1) is 0 Å². The molecule has 0 radical (unpaired) electrons. The lowest BCUT2D eigenvalue weighted by Gasteiger charge is -2.32. The van der Waals surface area contributed by atoms with Crippen LogP contribution in [0, 0.1) is 0 Å². The van der Waals surface area contributed by atoms with E-state index in [1.807, 2.05) is 56.4 Å². The van der Waals surface area contributed by atoms with Gasteiger partial charge in [0, 0.05) is 43.8 Å². The van der Waals surface area contributed by atoms with Gasteiger partial charge in [-0.05, 0) is 44.9 Å². The third-order valence-corrected chi connectivity index (χ3v) is 6.04. The SMILES string of the molecule is CCn1nc([C@@H](C)C(=O)NC2CCN(Cc3ccccn3)CC2)c2ccccc2c1=O. The Morgan fingerprint density at radius 1 is 1.13 bits per heavy atom. The predicted octanol–water partition coefficient (Wildman–Crippen LogP) is 2.70. The van der Waals surface area contributed by atoms with Crippen molar-refractivity contribution >= 4 is 16.7 Å². The molecule has 1 saturated heterocycles. The number of nitrogens with zero attached hydrogens (tertiary/aromatic N) is 4. The van der Waals surface area contributed by atoms with E-state index in [0.29, 0.717) is 17.6 Å². The lowest BCUT2D eigenvalue weighted by atomic mass is 9.98. The van der Waals surface area contributed by atoms with Gasteiger partial charge >= 0.3 is 0 Å². The van der Waals surface area contributed by atoms with Crippen LogP contribution in [-0.4, -0.2) is 44.7 Å².